The maximum Gasteiger partial charge on any atom is 0.225 e. The lowest BCUT2D eigenvalue weighted by Crippen LogP contribution is -2.19. The van der Waals surface area contributed by atoms with Crippen molar-refractivity contribution < 1.29 is 4.79 Å². The lowest BCUT2D eigenvalue weighted by atomic mass is 10.0. The molecule has 0 aromatic carbocycles. The summed E-state index contributed by atoms with van der Waals surface area (Å²) in [6, 6.07) is 3.24. The van der Waals surface area contributed by atoms with Gasteiger partial charge in [0, 0.05) is 6.42 Å². The van der Waals surface area contributed by atoms with Crippen LogP contribution in [0.2, 0.25) is 5.15 Å². The fourth-order valence-electron chi connectivity index (χ4n) is 1.73. The summed E-state index contributed by atoms with van der Waals surface area (Å²) in [7, 11) is 0. The zero-order valence-electron chi connectivity index (χ0n) is 8.74. The van der Waals surface area contributed by atoms with E-state index in [1.165, 1.54) is 0 Å². The number of rotatable bonds is 3. The van der Waals surface area contributed by atoms with Gasteiger partial charge in [-0.25, -0.2) is 0 Å². The Morgan fingerprint density at radius 3 is 3.06 bits per heavy atom. The molecular weight excluding hydrogens is 228 g/mol. The molecule has 2 heterocycles. The lowest BCUT2D eigenvalue weighted by molar-refractivity contribution is -0.117. The van der Waals surface area contributed by atoms with E-state index in [4.69, 9.17) is 11.6 Å². The van der Waals surface area contributed by atoms with E-state index in [2.05, 4.69) is 20.8 Å². The summed E-state index contributed by atoms with van der Waals surface area (Å²) < 4.78 is 0. The molecule has 1 unspecified atom stereocenters. The highest BCUT2D eigenvalue weighted by atomic mass is 35.5. The third-order valence-corrected chi connectivity index (χ3v) is 2.74. The maximum absolute atomic E-state index is 11.6. The molecule has 0 spiro atoms. The van der Waals surface area contributed by atoms with Crippen LogP contribution in [0.25, 0.3) is 0 Å². The Balaban J connectivity index is 1.84. The minimum Gasteiger partial charge on any atom is -0.316 e. The number of hydrogen-bond acceptors (Lipinski definition) is 4. The summed E-state index contributed by atoms with van der Waals surface area (Å²) >= 11 is 5.59. The normalized spacial score (nSPS) is 19.7. The van der Waals surface area contributed by atoms with Gasteiger partial charge in [0.2, 0.25) is 5.91 Å². The van der Waals surface area contributed by atoms with Crippen LogP contribution >= 0.6 is 11.6 Å². The first-order valence-corrected chi connectivity index (χ1v) is 5.61. The summed E-state index contributed by atoms with van der Waals surface area (Å²) in [4.78, 5) is 11.6. The largest absolute Gasteiger partial charge is 0.316 e. The number of nitrogens with zero attached hydrogens (tertiary/aromatic N) is 2. The molecule has 0 aliphatic carbocycles. The van der Waals surface area contributed by atoms with Crippen LogP contribution < -0.4 is 10.6 Å². The van der Waals surface area contributed by atoms with E-state index >= 15 is 0 Å². The van der Waals surface area contributed by atoms with Crippen molar-refractivity contribution in [2.45, 2.75) is 12.8 Å². The average molecular weight is 241 g/mol. The molecule has 2 rings (SSSR count). The molecule has 1 aromatic heterocycles. The number of halogens is 1. The van der Waals surface area contributed by atoms with Crippen molar-refractivity contribution >= 4 is 23.3 Å². The molecule has 0 saturated carbocycles. The van der Waals surface area contributed by atoms with Crippen molar-refractivity contribution in [3.05, 3.63) is 17.3 Å². The Hall–Kier alpha value is -1.20. The summed E-state index contributed by atoms with van der Waals surface area (Å²) in [6.07, 6.45) is 1.58. The quantitative estimate of drug-likeness (QED) is 0.830. The highest BCUT2D eigenvalue weighted by Crippen LogP contribution is 2.13. The molecule has 1 amide bonds. The van der Waals surface area contributed by atoms with E-state index in [9.17, 15) is 4.79 Å². The molecule has 6 heteroatoms. The molecule has 86 valence electrons. The summed E-state index contributed by atoms with van der Waals surface area (Å²) in [6.45, 7) is 1.92. The van der Waals surface area contributed by atoms with Gasteiger partial charge in [0.05, 0.1) is 0 Å². The SMILES string of the molecule is O=C(CC1CCNC1)Nc1ccc(Cl)nn1. The molecule has 5 nitrogen and oxygen atoms in total. The Labute approximate surface area is 98.6 Å². The van der Waals surface area contributed by atoms with Crippen LogP contribution in [0.3, 0.4) is 0 Å². The number of carbonyl (C=O) groups is 1. The minimum absolute atomic E-state index is 0.0228. The van der Waals surface area contributed by atoms with Gasteiger partial charge in [0.1, 0.15) is 0 Å². The van der Waals surface area contributed by atoms with E-state index < -0.39 is 0 Å². The van der Waals surface area contributed by atoms with Crippen molar-refractivity contribution in [3.63, 3.8) is 0 Å². The molecule has 1 fully saturated rings. The first kappa shape index (κ1) is 11.3. The van der Waals surface area contributed by atoms with E-state index in [1.54, 1.807) is 12.1 Å². The molecule has 0 bridgehead atoms. The van der Waals surface area contributed by atoms with Crippen molar-refractivity contribution in [2.75, 3.05) is 18.4 Å². The molecule has 16 heavy (non-hydrogen) atoms. The summed E-state index contributed by atoms with van der Waals surface area (Å²) in [5, 5.41) is 13.7. The van der Waals surface area contributed by atoms with E-state index in [0.717, 1.165) is 19.5 Å². The first-order valence-electron chi connectivity index (χ1n) is 5.24. The highest BCUT2D eigenvalue weighted by Gasteiger charge is 2.18. The van der Waals surface area contributed by atoms with E-state index in [1.807, 2.05) is 0 Å². The van der Waals surface area contributed by atoms with Gasteiger partial charge in [-0.2, -0.15) is 0 Å². The highest BCUT2D eigenvalue weighted by molar-refractivity contribution is 6.29. The van der Waals surface area contributed by atoms with Crippen molar-refractivity contribution in [1.82, 2.24) is 15.5 Å². The molecular formula is C10H13ClN4O. The number of hydrogen-bond donors (Lipinski definition) is 2. The Morgan fingerprint density at radius 1 is 1.56 bits per heavy atom. The fourth-order valence-corrected chi connectivity index (χ4v) is 1.83. The zero-order chi connectivity index (χ0) is 11.4. The topological polar surface area (TPSA) is 66.9 Å². The van der Waals surface area contributed by atoms with Crippen molar-refractivity contribution in [1.29, 1.82) is 0 Å². The number of amides is 1. The second-order valence-corrected chi connectivity index (χ2v) is 4.24. The number of anilines is 1. The number of aromatic nitrogens is 2. The molecule has 0 radical (unpaired) electrons. The average Bonchev–Trinajstić information content (AvgIpc) is 2.74. The number of nitrogens with one attached hydrogen (secondary N) is 2. The predicted molar refractivity (Wildman–Crippen MR) is 61.3 cm³/mol. The molecule has 1 aromatic rings. The van der Waals surface area contributed by atoms with E-state index in [0.29, 0.717) is 23.3 Å². The Morgan fingerprint density at radius 2 is 2.44 bits per heavy atom. The minimum atomic E-state index is -0.0228. The Bertz CT molecular complexity index is 362. The first-order chi connectivity index (χ1) is 7.74. The van der Waals surface area contributed by atoms with Gasteiger partial charge in [-0.1, -0.05) is 11.6 Å². The smallest absolute Gasteiger partial charge is 0.225 e. The van der Waals surface area contributed by atoms with Crippen LogP contribution in [0.5, 0.6) is 0 Å². The molecule has 1 saturated heterocycles. The molecule has 2 N–H and O–H groups in total. The second kappa shape index (κ2) is 5.23. The number of carbonyl (C=O) groups excluding carboxylic acids is 1. The van der Waals surface area contributed by atoms with Gasteiger partial charge >= 0.3 is 0 Å². The van der Waals surface area contributed by atoms with E-state index in [-0.39, 0.29) is 5.91 Å². The molecule has 1 aliphatic heterocycles. The van der Waals surface area contributed by atoms with Crippen LogP contribution in [0.1, 0.15) is 12.8 Å². The van der Waals surface area contributed by atoms with Crippen LogP contribution in [-0.2, 0) is 4.79 Å². The van der Waals surface area contributed by atoms with Crippen molar-refractivity contribution in [2.24, 2.45) is 5.92 Å². The van der Waals surface area contributed by atoms with Gasteiger partial charge in [0.25, 0.3) is 0 Å². The van der Waals surface area contributed by atoms with Gasteiger partial charge in [-0.3, -0.25) is 4.79 Å². The third-order valence-electron chi connectivity index (χ3n) is 2.54. The van der Waals surface area contributed by atoms with Gasteiger partial charge in [-0.05, 0) is 37.6 Å². The second-order valence-electron chi connectivity index (χ2n) is 3.85. The van der Waals surface area contributed by atoms with Gasteiger partial charge < -0.3 is 10.6 Å². The third kappa shape index (κ3) is 3.15. The monoisotopic (exact) mass is 240 g/mol. The van der Waals surface area contributed by atoms with Gasteiger partial charge in [-0.15, -0.1) is 10.2 Å². The van der Waals surface area contributed by atoms with Crippen LogP contribution in [0, 0.1) is 5.92 Å². The summed E-state index contributed by atoms with van der Waals surface area (Å²) in [5.74, 6) is 0.853. The zero-order valence-corrected chi connectivity index (χ0v) is 9.50. The molecule has 1 atom stereocenters. The summed E-state index contributed by atoms with van der Waals surface area (Å²) in [5.41, 5.74) is 0. The van der Waals surface area contributed by atoms with Crippen molar-refractivity contribution in [3.8, 4) is 0 Å². The van der Waals surface area contributed by atoms with Crippen LogP contribution in [0.4, 0.5) is 5.82 Å². The van der Waals surface area contributed by atoms with Crippen LogP contribution in [0.15, 0.2) is 12.1 Å². The fraction of sp³-hybridized carbons (Fsp3) is 0.500. The predicted octanol–water partition coefficient (Wildman–Crippen LogP) is 1.07. The lowest BCUT2D eigenvalue weighted by Gasteiger charge is -2.07. The molecule has 1 aliphatic rings. The maximum atomic E-state index is 11.6. The van der Waals surface area contributed by atoms with Crippen LogP contribution in [-0.4, -0.2) is 29.2 Å². The Kier molecular flexibility index (Phi) is 3.69. The van der Waals surface area contributed by atoms with Gasteiger partial charge in [0.15, 0.2) is 11.0 Å². The standard InChI is InChI=1S/C10H13ClN4O/c11-8-1-2-9(15-14-8)13-10(16)5-7-3-4-12-6-7/h1-2,7,12H,3-6H2,(H,13,15,16).